The summed E-state index contributed by atoms with van der Waals surface area (Å²) < 4.78 is 38.2. The van der Waals surface area contributed by atoms with Gasteiger partial charge in [0.05, 0.1) is 12.1 Å². The molecule has 0 unspecified atom stereocenters. The molecule has 126 valence electrons. The van der Waals surface area contributed by atoms with Crippen LogP contribution in [0.25, 0.3) is 0 Å². The van der Waals surface area contributed by atoms with Crippen molar-refractivity contribution in [3.8, 4) is 0 Å². The molecule has 0 bridgehead atoms. The first-order valence-electron chi connectivity index (χ1n) is 6.44. The molecule has 0 radical (unpaired) electrons. The third-order valence-electron chi connectivity index (χ3n) is 2.30. The van der Waals surface area contributed by atoms with Crippen LogP contribution < -0.4 is 16.4 Å². The van der Waals surface area contributed by atoms with Crippen molar-refractivity contribution in [3.63, 3.8) is 0 Å². The highest BCUT2D eigenvalue weighted by molar-refractivity contribution is 14.0. The first-order chi connectivity index (χ1) is 9.59. The molecule has 0 spiro atoms. The lowest BCUT2D eigenvalue weighted by molar-refractivity contribution is -0.137. The fraction of sp³-hybridized carbons (Fsp3) is 0.538. The van der Waals surface area contributed by atoms with Crippen LogP contribution in [0.15, 0.2) is 23.3 Å². The topological polar surface area (TPSA) is 75.3 Å². The van der Waals surface area contributed by atoms with Crippen molar-refractivity contribution in [3.05, 3.63) is 23.9 Å². The van der Waals surface area contributed by atoms with E-state index in [1.54, 1.807) is 0 Å². The van der Waals surface area contributed by atoms with Gasteiger partial charge in [0.15, 0.2) is 5.96 Å². The summed E-state index contributed by atoms with van der Waals surface area (Å²) in [4.78, 5) is 7.72. The van der Waals surface area contributed by atoms with Gasteiger partial charge in [-0.05, 0) is 32.9 Å². The highest BCUT2D eigenvalue weighted by atomic mass is 127. The zero-order chi connectivity index (χ0) is 16.1. The van der Waals surface area contributed by atoms with Gasteiger partial charge in [-0.3, -0.25) is 4.99 Å². The lowest BCUT2D eigenvalue weighted by atomic mass is 10.1. The van der Waals surface area contributed by atoms with Gasteiger partial charge in [0.2, 0.25) is 0 Å². The average Bonchev–Trinajstić information content (AvgIpc) is 2.32. The first-order valence-corrected chi connectivity index (χ1v) is 6.44. The molecule has 1 heterocycles. The summed E-state index contributed by atoms with van der Waals surface area (Å²) in [6.45, 7) is 6.22. The van der Waals surface area contributed by atoms with E-state index in [2.05, 4.69) is 20.6 Å². The van der Waals surface area contributed by atoms with E-state index >= 15 is 0 Å². The quantitative estimate of drug-likeness (QED) is 0.297. The van der Waals surface area contributed by atoms with Crippen LogP contribution in [0.3, 0.4) is 0 Å². The lowest BCUT2D eigenvalue weighted by Crippen LogP contribution is -2.45. The summed E-state index contributed by atoms with van der Waals surface area (Å²) in [5.41, 5.74) is 4.64. The van der Waals surface area contributed by atoms with Crippen molar-refractivity contribution < 1.29 is 13.2 Å². The molecule has 0 aliphatic rings. The zero-order valence-corrected chi connectivity index (χ0v) is 15.0. The first kappa shape index (κ1) is 20.7. The zero-order valence-electron chi connectivity index (χ0n) is 12.7. The Kier molecular flexibility index (Phi) is 7.91. The molecule has 1 aromatic rings. The van der Waals surface area contributed by atoms with Crippen molar-refractivity contribution >= 4 is 35.8 Å². The molecule has 1 rings (SSSR count). The van der Waals surface area contributed by atoms with Crippen LogP contribution in [0.5, 0.6) is 0 Å². The smallest absolute Gasteiger partial charge is 0.370 e. The van der Waals surface area contributed by atoms with Gasteiger partial charge in [-0.25, -0.2) is 4.98 Å². The standard InChI is InChI=1S/C13H20F3N5.HI/c1-12(2,3)21-11(17)20-8-7-19-10-9(13(14,15)16)5-4-6-18-10;/h4-6H,7-8H2,1-3H3,(H,18,19)(H3,17,20,21);1H. The van der Waals surface area contributed by atoms with Crippen LogP contribution >= 0.6 is 24.0 Å². The van der Waals surface area contributed by atoms with Crippen LogP contribution in [0.1, 0.15) is 26.3 Å². The van der Waals surface area contributed by atoms with Crippen LogP contribution in [0, 0.1) is 0 Å². The minimum Gasteiger partial charge on any atom is -0.370 e. The number of guanidine groups is 1. The molecule has 1 aromatic heterocycles. The summed E-state index contributed by atoms with van der Waals surface area (Å²) in [5, 5.41) is 5.57. The molecule has 0 saturated heterocycles. The number of halogens is 4. The molecule has 22 heavy (non-hydrogen) atoms. The normalized spacial score (nSPS) is 12.5. The number of pyridine rings is 1. The molecule has 0 aliphatic carbocycles. The number of aliphatic imine (C=N–C) groups is 1. The number of alkyl halides is 3. The second kappa shape index (κ2) is 8.39. The van der Waals surface area contributed by atoms with Crippen molar-refractivity contribution in [1.29, 1.82) is 0 Å². The second-order valence-corrected chi connectivity index (χ2v) is 5.47. The third kappa shape index (κ3) is 7.66. The number of aromatic nitrogens is 1. The van der Waals surface area contributed by atoms with Crippen molar-refractivity contribution in [2.24, 2.45) is 10.7 Å². The summed E-state index contributed by atoms with van der Waals surface area (Å²) in [7, 11) is 0. The average molecular weight is 431 g/mol. The van der Waals surface area contributed by atoms with Gasteiger partial charge in [0.1, 0.15) is 5.82 Å². The van der Waals surface area contributed by atoms with Crippen LogP contribution in [-0.4, -0.2) is 29.6 Å². The molecule has 9 heteroatoms. The van der Waals surface area contributed by atoms with E-state index in [-0.39, 0.29) is 54.4 Å². The molecular weight excluding hydrogens is 410 g/mol. The molecule has 4 N–H and O–H groups in total. The predicted octanol–water partition coefficient (Wildman–Crippen LogP) is 2.83. The minimum absolute atomic E-state index is 0. The molecule has 0 fully saturated rings. The minimum atomic E-state index is -4.44. The summed E-state index contributed by atoms with van der Waals surface area (Å²) in [6.07, 6.45) is -3.14. The van der Waals surface area contributed by atoms with E-state index < -0.39 is 11.7 Å². The maximum atomic E-state index is 12.7. The fourth-order valence-corrected chi connectivity index (χ4v) is 1.55. The van der Waals surface area contributed by atoms with E-state index in [9.17, 15) is 13.2 Å². The number of hydrogen-bond donors (Lipinski definition) is 3. The number of nitrogens with one attached hydrogen (secondary N) is 2. The summed E-state index contributed by atoms with van der Waals surface area (Å²) >= 11 is 0. The Bertz CT molecular complexity index is 497. The highest BCUT2D eigenvalue weighted by Gasteiger charge is 2.33. The maximum Gasteiger partial charge on any atom is 0.419 e. The Morgan fingerprint density at radius 1 is 1.32 bits per heavy atom. The van der Waals surface area contributed by atoms with Gasteiger partial charge in [-0.1, -0.05) is 0 Å². The Morgan fingerprint density at radius 3 is 2.50 bits per heavy atom. The van der Waals surface area contributed by atoms with E-state index in [1.165, 1.54) is 12.3 Å². The second-order valence-electron chi connectivity index (χ2n) is 5.47. The van der Waals surface area contributed by atoms with Crippen LogP contribution in [0.4, 0.5) is 19.0 Å². The van der Waals surface area contributed by atoms with Gasteiger partial charge in [0.25, 0.3) is 0 Å². The Hall–Kier alpha value is -1.26. The SMILES string of the molecule is CC(C)(C)NC(N)=NCCNc1ncccc1C(F)(F)F.I. The Labute approximate surface area is 145 Å². The predicted molar refractivity (Wildman–Crippen MR) is 92.5 cm³/mol. The third-order valence-corrected chi connectivity index (χ3v) is 2.30. The van der Waals surface area contributed by atoms with Crippen molar-refractivity contribution in [1.82, 2.24) is 10.3 Å². The fourth-order valence-electron chi connectivity index (χ4n) is 1.55. The van der Waals surface area contributed by atoms with Gasteiger partial charge >= 0.3 is 6.18 Å². The Morgan fingerprint density at radius 2 is 1.95 bits per heavy atom. The van der Waals surface area contributed by atoms with Gasteiger partial charge < -0.3 is 16.4 Å². The lowest BCUT2D eigenvalue weighted by Gasteiger charge is -2.21. The van der Waals surface area contributed by atoms with E-state index in [0.29, 0.717) is 0 Å². The molecule has 0 atom stereocenters. The number of nitrogens with two attached hydrogens (primary N) is 1. The number of anilines is 1. The number of rotatable bonds is 4. The van der Waals surface area contributed by atoms with Gasteiger partial charge in [0, 0.05) is 18.3 Å². The van der Waals surface area contributed by atoms with E-state index in [0.717, 1.165) is 6.07 Å². The van der Waals surface area contributed by atoms with Crippen LogP contribution in [-0.2, 0) is 6.18 Å². The molecular formula is C13H21F3IN5. The van der Waals surface area contributed by atoms with Gasteiger partial charge in [-0.15, -0.1) is 24.0 Å². The summed E-state index contributed by atoms with van der Waals surface area (Å²) in [6, 6.07) is 2.23. The molecule has 0 aromatic carbocycles. The Balaban J connectivity index is 0.00000441. The van der Waals surface area contributed by atoms with E-state index in [4.69, 9.17) is 5.73 Å². The molecule has 0 amide bonds. The molecule has 5 nitrogen and oxygen atoms in total. The van der Waals surface area contributed by atoms with Crippen LogP contribution in [0.2, 0.25) is 0 Å². The molecule has 0 aliphatic heterocycles. The largest absolute Gasteiger partial charge is 0.419 e. The summed E-state index contributed by atoms with van der Waals surface area (Å²) in [5.74, 6) is 0.0453. The number of hydrogen-bond acceptors (Lipinski definition) is 3. The van der Waals surface area contributed by atoms with Crippen molar-refractivity contribution in [2.75, 3.05) is 18.4 Å². The maximum absolute atomic E-state index is 12.7. The number of nitrogens with zero attached hydrogens (tertiary/aromatic N) is 2. The van der Waals surface area contributed by atoms with E-state index in [1.807, 2.05) is 20.8 Å². The van der Waals surface area contributed by atoms with Crippen molar-refractivity contribution in [2.45, 2.75) is 32.5 Å². The molecule has 0 saturated carbocycles. The monoisotopic (exact) mass is 431 g/mol. The highest BCUT2D eigenvalue weighted by Crippen LogP contribution is 2.33. The van der Waals surface area contributed by atoms with Gasteiger partial charge in [-0.2, -0.15) is 13.2 Å².